The highest BCUT2D eigenvalue weighted by Crippen LogP contribution is 2.37. The van der Waals surface area contributed by atoms with Gasteiger partial charge in [0.25, 0.3) is 0 Å². The minimum atomic E-state index is -0.213. The standard InChI is InChI=1S/C18H31N3/c1-14(2)15-4-3-10-21(11-8-15)17-7-9-18(12-17,13-19)20-16-5-6-16/h14-17,20H,3-12H2,1-2H3. The van der Waals surface area contributed by atoms with Crippen molar-refractivity contribution in [3.05, 3.63) is 0 Å². The van der Waals surface area contributed by atoms with E-state index in [4.69, 9.17) is 0 Å². The van der Waals surface area contributed by atoms with Gasteiger partial charge in [0.1, 0.15) is 5.54 Å². The van der Waals surface area contributed by atoms with Crippen LogP contribution in [0.1, 0.15) is 65.2 Å². The van der Waals surface area contributed by atoms with Crippen molar-refractivity contribution in [3.63, 3.8) is 0 Å². The molecule has 21 heavy (non-hydrogen) atoms. The molecule has 1 N–H and O–H groups in total. The monoisotopic (exact) mass is 289 g/mol. The van der Waals surface area contributed by atoms with Gasteiger partial charge in [-0.2, -0.15) is 5.26 Å². The van der Waals surface area contributed by atoms with E-state index in [1.54, 1.807) is 0 Å². The Morgan fingerprint density at radius 3 is 2.62 bits per heavy atom. The van der Waals surface area contributed by atoms with Gasteiger partial charge in [0.2, 0.25) is 0 Å². The molecule has 3 unspecified atom stereocenters. The predicted octanol–water partition coefficient (Wildman–Crippen LogP) is 3.31. The van der Waals surface area contributed by atoms with Crippen molar-refractivity contribution in [2.45, 2.75) is 82.8 Å². The third-order valence-electron chi connectivity index (χ3n) is 6.03. The molecule has 0 aromatic heterocycles. The minimum absolute atomic E-state index is 0.213. The maximum absolute atomic E-state index is 9.65. The number of nitriles is 1. The van der Waals surface area contributed by atoms with E-state index in [0.717, 1.165) is 24.7 Å². The zero-order chi connectivity index (χ0) is 14.9. The van der Waals surface area contributed by atoms with Crippen LogP contribution in [0.5, 0.6) is 0 Å². The van der Waals surface area contributed by atoms with E-state index in [9.17, 15) is 5.26 Å². The van der Waals surface area contributed by atoms with Gasteiger partial charge in [0.05, 0.1) is 6.07 Å². The lowest BCUT2D eigenvalue weighted by molar-refractivity contribution is 0.194. The van der Waals surface area contributed by atoms with Gasteiger partial charge in [-0.15, -0.1) is 0 Å². The zero-order valence-electron chi connectivity index (χ0n) is 13.8. The smallest absolute Gasteiger partial charge is 0.108 e. The van der Waals surface area contributed by atoms with Crippen LogP contribution in [0.2, 0.25) is 0 Å². The molecule has 1 saturated heterocycles. The van der Waals surface area contributed by atoms with Crippen molar-refractivity contribution in [2.75, 3.05) is 13.1 Å². The maximum atomic E-state index is 9.65. The van der Waals surface area contributed by atoms with E-state index in [1.807, 2.05) is 0 Å². The number of likely N-dealkylation sites (tertiary alicyclic amines) is 1. The molecule has 3 heteroatoms. The quantitative estimate of drug-likeness (QED) is 0.863. The Morgan fingerprint density at radius 1 is 1.14 bits per heavy atom. The Labute approximate surface area is 130 Å². The lowest BCUT2D eigenvalue weighted by atomic mass is 9.89. The normalized spacial score (nSPS) is 38.4. The summed E-state index contributed by atoms with van der Waals surface area (Å²) >= 11 is 0. The second-order valence-corrected chi connectivity index (χ2v) is 7.98. The predicted molar refractivity (Wildman–Crippen MR) is 85.9 cm³/mol. The van der Waals surface area contributed by atoms with Crippen molar-refractivity contribution < 1.29 is 0 Å². The first-order chi connectivity index (χ1) is 10.1. The van der Waals surface area contributed by atoms with Gasteiger partial charge in [-0.05, 0) is 76.3 Å². The van der Waals surface area contributed by atoms with Crippen LogP contribution < -0.4 is 5.32 Å². The first kappa shape index (κ1) is 15.3. The Morgan fingerprint density at radius 2 is 1.95 bits per heavy atom. The van der Waals surface area contributed by atoms with Crippen molar-refractivity contribution in [1.82, 2.24) is 10.2 Å². The molecule has 0 aromatic carbocycles. The molecule has 3 atom stereocenters. The van der Waals surface area contributed by atoms with Gasteiger partial charge in [-0.25, -0.2) is 0 Å². The molecular weight excluding hydrogens is 258 g/mol. The van der Waals surface area contributed by atoms with Gasteiger partial charge in [0, 0.05) is 12.1 Å². The largest absolute Gasteiger partial charge is 0.300 e. The average molecular weight is 289 g/mol. The van der Waals surface area contributed by atoms with Crippen molar-refractivity contribution in [3.8, 4) is 6.07 Å². The third-order valence-corrected chi connectivity index (χ3v) is 6.03. The fraction of sp³-hybridized carbons (Fsp3) is 0.944. The van der Waals surface area contributed by atoms with Gasteiger partial charge in [0.15, 0.2) is 0 Å². The molecule has 0 radical (unpaired) electrons. The summed E-state index contributed by atoms with van der Waals surface area (Å²) < 4.78 is 0. The molecule has 0 spiro atoms. The van der Waals surface area contributed by atoms with E-state index in [1.165, 1.54) is 51.6 Å². The topological polar surface area (TPSA) is 39.1 Å². The lowest BCUT2D eigenvalue weighted by Crippen LogP contribution is -2.45. The summed E-state index contributed by atoms with van der Waals surface area (Å²) in [5, 5.41) is 13.3. The maximum Gasteiger partial charge on any atom is 0.108 e. The molecule has 3 rings (SSSR count). The summed E-state index contributed by atoms with van der Waals surface area (Å²) in [6, 6.07) is 3.90. The highest BCUT2D eigenvalue weighted by atomic mass is 15.2. The Balaban J connectivity index is 1.56. The fourth-order valence-corrected chi connectivity index (χ4v) is 4.39. The summed E-state index contributed by atoms with van der Waals surface area (Å²) in [7, 11) is 0. The van der Waals surface area contributed by atoms with Crippen molar-refractivity contribution in [2.24, 2.45) is 11.8 Å². The molecule has 118 valence electrons. The minimum Gasteiger partial charge on any atom is -0.300 e. The molecule has 2 saturated carbocycles. The van der Waals surface area contributed by atoms with Crippen LogP contribution in [0.15, 0.2) is 0 Å². The van der Waals surface area contributed by atoms with Gasteiger partial charge < -0.3 is 4.90 Å². The highest BCUT2D eigenvalue weighted by molar-refractivity contribution is 5.15. The summed E-state index contributed by atoms with van der Waals surface area (Å²) in [6.45, 7) is 7.24. The Hall–Kier alpha value is -0.590. The first-order valence-corrected chi connectivity index (χ1v) is 9.05. The lowest BCUT2D eigenvalue weighted by Gasteiger charge is -2.29. The average Bonchev–Trinajstić information content (AvgIpc) is 3.22. The number of hydrogen-bond acceptors (Lipinski definition) is 3. The molecule has 0 bridgehead atoms. The van der Waals surface area contributed by atoms with E-state index in [0.29, 0.717) is 12.1 Å². The summed E-state index contributed by atoms with van der Waals surface area (Å²) in [6.07, 6.45) is 9.94. The second kappa shape index (κ2) is 6.26. The molecule has 0 aromatic rings. The van der Waals surface area contributed by atoms with Crippen LogP contribution in [0.25, 0.3) is 0 Å². The molecule has 3 aliphatic rings. The third kappa shape index (κ3) is 3.60. The molecular formula is C18H31N3. The van der Waals surface area contributed by atoms with Crippen LogP contribution in [-0.4, -0.2) is 35.6 Å². The Bertz CT molecular complexity index is 396. The second-order valence-electron chi connectivity index (χ2n) is 7.98. The van der Waals surface area contributed by atoms with Crippen molar-refractivity contribution >= 4 is 0 Å². The van der Waals surface area contributed by atoms with E-state index in [2.05, 4.69) is 30.1 Å². The van der Waals surface area contributed by atoms with Crippen LogP contribution in [0.4, 0.5) is 0 Å². The van der Waals surface area contributed by atoms with E-state index in [-0.39, 0.29) is 5.54 Å². The number of nitrogens with one attached hydrogen (secondary N) is 1. The van der Waals surface area contributed by atoms with Gasteiger partial charge in [-0.3, -0.25) is 5.32 Å². The fourth-order valence-electron chi connectivity index (χ4n) is 4.39. The Kier molecular flexibility index (Phi) is 4.57. The zero-order valence-corrected chi connectivity index (χ0v) is 13.8. The van der Waals surface area contributed by atoms with Crippen LogP contribution in [-0.2, 0) is 0 Å². The SMILES string of the molecule is CC(C)C1CCCN(C2CCC(C#N)(NC3CC3)C2)CC1. The van der Waals surface area contributed by atoms with Crippen molar-refractivity contribution in [1.29, 1.82) is 5.26 Å². The van der Waals surface area contributed by atoms with E-state index < -0.39 is 0 Å². The molecule has 2 aliphatic carbocycles. The highest BCUT2D eigenvalue weighted by Gasteiger charge is 2.44. The number of nitrogens with zero attached hydrogens (tertiary/aromatic N) is 2. The van der Waals surface area contributed by atoms with Crippen LogP contribution in [0.3, 0.4) is 0 Å². The van der Waals surface area contributed by atoms with Gasteiger partial charge in [-0.1, -0.05) is 13.8 Å². The summed E-state index contributed by atoms with van der Waals surface area (Å²) in [5.41, 5.74) is -0.213. The molecule has 3 fully saturated rings. The summed E-state index contributed by atoms with van der Waals surface area (Å²) in [5.74, 6) is 1.73. The molecule has 0 amide bonds. The molecule has 1 aliphatic heterocycles. The first-order valence-electron chi connectivity index (χ1n) is 9.05. The summed E-state index contributed by atoms with van der Waals surface area (Å²) in [4.78, 5) is 2.70. The van der Waals surface area contributed by atoms with E-state index >= 15 is 0 Å². The van der Waals surface area contributed by atoms with Gasteiger partial charge >= 0.3 is 0 Å². The molecule has 1 heterocycles. The number of rotatable bonds is 4. The van der Waals surface area contributed by atoms with Crippen LogP contribution in [0, 0.1) is 23.2 Å². The van der Waals surface area contributed by atoms with Crippen LogP contribution >= 0.6 is 0 Å². The number of hydrogen-bond donors (Lipinski definition) is 1. The molecule has 3 nitrogen and oxygen atoms in total.